The lowest BCUT2D eigenvalue weighted by molar-refractivity contribution is -0.148. The van der Waals surface area contributed by atoms with Crippen molar-refractivity contribution in [2.75, 3.05) is 6.54 Å². The molecule has 134 valence electrons. The van der Waals surface area contributed by atoms with Gasteiger partial charge >= 0.3 is 5.97 Å². The first-order chi connectivity index (χ1) is 12.5. The van der Waals surface area contributed by atoms with Crippen LogP contribution in [0.5, 0.6) is 5.75 Å². The SMILES string of the molecule is Cc1ccc(C)c(OC(=O)CN2C(=O)[C@H]3[C@@H]4C=C[C@@H]([C@H]5C[C@H]45)[C@@H]3C2=O)c1. The number of hydrogen-bond acceptors (Lipinski definition) is 4. The van der Waals surface area contributed by atoms with Gasteiger partial charge in [-0.05, 0) is 61.1 Å². The molecular formula is C21H21NO4. The smallest absolute Gasteiger partial charge is 0.331 e. The second-order valence-electron chi connectivity index (χ2n) is 8.16. The molecule has 1 aromatic rings. The second kappa shape index (κ2) is 5.29. The van der Waals surface area contributed by atoms with Crippen LogP contribution >= 0.6 is 0 Å². The molecule has 2 saturated carbocycles. The third-order valence-electron chi connectivity index (χ3n) is 6.61. The van der Waals surface area contributed by atoms with Crippen molar-refractivity contribution in [2.24, 2.45) is 35.5 Å². The van der Waals surface area contributed by atoms with Crippen molar-refractivity contribution in [3.05, 3.63) is 41.5 Å². The highest BCUT2D eigenvalue weighted by molar-refractivity contribution is 6.08. The fraction of sp³-hybridized carbons (Fsp3) is 0.476. The van der Waals surface area contributed by atoms with E-state index >= 15 is 0 Å². The number of allylic oxidation sites excluding steroid dienone is 2. The topological polar surface area (TPSA) is 63.7 Å². The summed E-state index contributed by atoms with van der Waals surface area (Å²) >= 11 is 0. The number of carbonyl (C=O) groups excluding carboxylic acids is 3. The minimum atomic E-state index is -0.565. The third kappa shape index (κ3) is 2.12. The fourth-order valence-electron chi connectivity index (χ4n) is 5.28. The number of rotatable bonds is 3. The largest absolute Gasteiger partial charge is 0.425 e. The van der Waals surface area contributed by atoms with Crippen LogP contribution < -0.4 is 4.74 Å². The number of esters is 1. The van der Waals surface area contributed by atoms with Gasteiger partial charge < -0.3 is 4.74 Å². The van der Waals surface area contributed by atoms with Gasteiger partial charge in [0.2, 0.25) is 11.8 Å². The monoisotopic (exact) mass is 351 g/mol. The van der Waals surface area contributed by atoms with Gasteiger partial charge in [-0.1, -0.05) is 24.3 Å². The van der Waals surface area contributed by atoms with Crippen LogP contribution in [0.15, 0.2) is 30.4 Å². The molecule has 1 saturated heterocycles. The fourth-order valence-corrected chi connectivity index (χ4v) is 5.28. The summed E-state index contributed by atoms with van der Waals surface area (Å²) in [4.78, 5) is 39.3. The molecule has 0 N–H and O–H groups in total. The Hall–Kier alpha value is -2.43. The molecule has 2 amide bonds. The molecule has 5 aliphatic rings. The standard InChI is InChI=1S/C21H21NO4/c1-10-3-4-11(2)16(7-10)26-17(23)9-22-20(24)18-12-5-6-13(15-8-14(12)15)19(18)21(22)25/h3-7,12-15,18-19H,8-9H2,1-2H3/t12-,13+,14-,15-,18+,19+/m1/s1. The third-order valence-corrected chi connectivity index (χ3v) is 6.61. The van der Waals surface area contributed by atoms with Crippen LogP contribution in [0.25, 0.3) is 0 Å². The molecule has 0 radical (unpaired) electrons. The zero-order valence-corrected chi connectivity index (χ0v) is 14.8. The Morgan fingerprint density at radius 1 is 1.08 bits per heavy atom. The first-order valence-electron chi connectivity index (χ1n) is 9.27. The Kier molecular flexibility index (Phi) is 3.21. The van der Waals surface area contributed by atoms with Crippen molar-refractivity contribution in [2.45, 2.75) is 20.3 Å². The summed E-state index contributed by atoms with van der Waals surface area (Å²) in [7, 11) is 0. The number of imide groups is 1. The summed E-state index contributed by atoms with van der Waals surface area (Å²) in [5.41, 5.74) is 1.83. The van der Waals surface area contributed by atoms with Crippen molar-refractivity contribution in [3.8, 4) is 5.75 Å². The highest BCUT2D eigenvalue weighted by Crippen LogP contribution is 2.65. The summed E-state index contributed by atoms with van der Waals surface area (Å²) in [5.74, 6) is 0.460. The predicted octanol–water partition coefficient (Wildman–Crippen LogP) is 2.26. The Bertz CT molecular complexity index is 837. The number of likely N-dealkylation sites (tertiary alicyclic amines) is 1. The summed E-state index contributed by atoms with van der Waals surface area (Å²) in [6, 6.07) is 5.62. The number of nitrogens with zero attached hydrogens (tertiary/aromatic N) is 1. The van der Waals surface area contributed by atoms with Crippen LogP contribution in [0.3, 0.4) is 0 Å². The van der Waals surface area contributed by atoms with E-state index in [1.165, 1.54) is 0 Å². The lowest BCUT2D eigenvalue weighted by Gasteiger charge is -2.37. The Morgan fingerprint density at radius 2 is 1.69 bits per heavy atom. The molecule has 5 heteroatoms. The van der Waals surface area contributed by atoms with Gasteiger partial charge in [0.1, 0.15) is 12.3 Å². The molecule has 0 spiro atoms. The molecular weight excluding hydrogens is 330 g/mol. The average Bonchev–Trinajstić information content (AvgIpc) is 3.39. The van der Waals surface area contributed by atoms with Crippen LogP contribution in [-0.2, 0) is 14.4 Å². The molecule has 1 aliphatic heterocycles. The van der Waals surface area contributed by atoms with Crippen LogP contribution in [0, 0.1) is 49.4 Å². The maximum absolute atomic E-state index is 12.9. The normalized spacial score (nSPS) is 36.2. The van der Waals surface area contributed by atoms with E-state index in [1.54, 1.807) is 6.07 Å². The number of benzene rings is 1. The minimum Gasteiger partial charge on any atom is -0.425 e. The van der Waals surface area contributed by atoms with Crippen LogP contribution in [0.1, 0.15) is 17.5 Å². The van der Waals surface area contributed by atoms with Crippen LogP contribution in [0.4, 0.5) is 0 Å². The van der Waals surface area contributed by atoms with Gasteiger partial charge in [0.25, 0.3) is 0 Å². The van der Waals surface area contributed by atoms with Crippen molar-refractivity contribution < 1.29 is 19.1 Å². The summed E-state index contributed by atoms with van der Waals surface area (Å²) < 4.78 is 5.44. The molecule has 1 aromatic carbocycles. The zero-order chi connectivity index (χ0) is 18.2. The van der Waals surface area contributed by atoms with Gasteiger partial charge in [-0.15, -0.1) is 0 Å². The number of amides is 2. The molecule has 4 aliphatic carbocycles. The van der Waals surface area contributed by atoms with Crippen molar-refractivity contribution in [1.29, 1.82) is 0 Å². The zero-order valence-electron chi connectivity index (χ0n) is 14.8. The van der Waals surface area contributed by atoms with Gasteiger partial charge in [-0.3, -0.25) is 14.5 Å². The lowest BCUT2D eigenvalue weighted by Crippen LogP contribution is -2.40. The highest BCUT2D eigenvalue weighted by Gasteiger charge is 2.67. The van der Waals surface area contributed by atoms with Gasteiger partial charge in [-0.25, -0.2) is 4.79 Å². The lowest BCUT2D eigenvalue weighted by atomic mass is 9.63. The second-order valence-corrected chi connectivity index (χ2v) is 8.16. The molecule has 3 fully saturated rings. The molecule has 6 rings (SSSR count). The van der Waals surface area contributed by atoms with Crippen LogP contribution in [0.2, 0.25) is 0 Å². The number of hydrogen-bond donors (Lipinski definition) is 0. The molecule has 0 aromatic heterocycles. The maximum atomic E-state index is 12.9. The van der Waals surface area contributed by atoms with E-state index in [1.807, 2.05) is 26.0 Å². The van der Waals surface area contributed by atoms with E-state index in [9.17, 15) is 14.4 Å². The van der Waals surface area contributed by atoms with Crippen LogP contribution in [-0.4, -0.2) is 29.2 Å². The average molecular weight is 351 g/mol. The quantitative estimate of drug-likeness (QED) is 0.363. The number of ether oxygens (including phenoxy) is 1. The minimum absolute atomic E-state index is 0.173. The van der Waals surface area contributed by atoms with Gasteiger partial charge in [-0.2, -0.15) is 0 Å². The Balaban J connectivity index is 1.34. The highest BCUT2D eigenvalue weighted by atomic mass is 16.5. The molecule has 1 heterocycles. The van der Waals surface area contributed by atoms with E-state index in [0.29, 0.717) is 17.6 Å². The van der Waals surface area contributed by atoms with E-state index in [4.69, 9.17) is 4.74 Å². The molecule has 6 atom stereocenters. The van der Waals surface area contributed by atoms with E-state index in [-0.39, 0.29) is 42.0 Å². The summed E-state index contributed by atoms with van der Waals surface area (Å²) in [6.45, 7) is 3.48. The summed E-state index contributed by atoms with van der Waals surface area (Å²) in [6.07, 6.45) is 5.39. The van der Waals surface area contributed by atoms with E-state index in [2.05, 4.69) is 12.2 Å². The first-order valence-corrected chi connectivity index (χ1v) is 9.27. The Labute approximate surface area is 152 Å². The van der Waals surface area contributed by atoms with E-state index < -0.39 is 5.97 Å². The van der Waals surface area contributed by atoms with Gasteiger partial charge in [0, 0.05) is 0 Å². The van der Waals surface area contributed by atoms with Crippen molar-refractivity contribution >= 4 is 17.8 Å². The Morgan fingerprint density at radius 3 is 2.31 bits per heavy atom. The van der Waals surface area contributed by atoms with Crippen molar-refractivity contribution in [3.63, 3.8) is 0 Å². The maximum Gasteiger partial charge on any atom is 0.331 e. The van der Waals surface area contributed by atoms with E-state index in [0.717, 1.165) is 22.4 Å². The molecule has 26 heavy (non-hydrogen) atoms. The first kappa shape index (κ1) is 15.8. The predicted molar refractivity (Wildman–Crippen MR) is 93.0 cm³/mol. The van der Waals surface area contributed by atoms with Gasteiger partial charge in [0.15, 0.2) is 0 Å². The number of carbonyl (C=O) groups is 3. The van der Waals surface area contributed by atoms with Crippen molar-refractivity contribution in [1.82, 2.24) is 4.90 Å². The number of aryl methyl sites for hydroxylation is 2. The summed E-state index contributed by atoms with van der Waals surface area (Å²) in [5, 5.41) is 0. The molecule has 5 nitrogen and oxygen atoms in total. The van der Waals surface area contributed by atoms with Gasteiger partial charge in [0.05, 0.1) is 11.8 Å². The molecule has 0 unspecified atom stereocenters. The molecule has 2 bridgehead atoms.